The van der Waals surface area contributed by atoms with Gasteiger partial charge in [0.05, 0.1) is 25.3 Å². The lowest BCUT2D eigenvalue weighted by molar-refractivity contribution is -0.0318. The molecule has 2 amide bonds. The number of rotatable bonds is 2. The van der Waals surface area contributed by atoms with E-state index < -0.39 is 0 Å². The smallest absolute Gasteiger partial charge is 0.318 e. The average Bonchev–Trinajstić information content (AvgIpc) is 2.75. The van der Waals surface area contributed by atoms with Crippen molar-refractivity contribution in [2.45, 2.75) is 32.5 Å². The second-order valence-corrected chi connectivity index (χ2v) is 6.35. The maximum atomic E-state index is 12.1. The molecule has 2 heterocycles. The van der Waals surface area contributed by atoms with E-state index in [1.54, 1.807) is 11.3 Å². The van der Waals surface area contributed by atoms with Crippen molar-refractivity contribution in [3.05, 3.63) is 20.8 Å². The lowest BCUT2D eigenvalue weighted by Gasteiger charge is -2.36. The number of hydrogen-bond acceptors (Lipinski definition) is 3. The number of amides is 2. The third-order valence-corrected chi connectivity index (χ3v) is 4.89. The first kappa shape index (κ1) is 13.8. The van der Waals surface area contributed by atoms with Gasteiger partial charge in [-0.25, -0.2) is 4.79 Å². The summed E-state index contributed by atoms with van der Waals surface area (Å²) in [6.45, 7) is 5.82. The summed E-state index contributed by atoms with van der Waals surface area (Å²) >= 11 is 5.09. The Morgan fingerprint density at radius 2 is 2.44 bits per heavy atom. The minimum absolute atomic E-state index is 0.0158. The number of urea groups is 1. The van der Waals surface area contributed by atoms with Crippen LogP contribution in [0.4, 0.5) is 4.79 Å². The predicted molar refractivity (Wildman–Crippen MR) is 75.8 cm³/mol. The van der Waals surface area contributed by atoms with Crippen molar-refractivity contribution >= 4 is 33.3 Å². The Labute approximate surface area is 119 Å². The standard InChI is InChI=1S/C12H17BrN2O2S/c1-8-7-17-9(2)6-15(8)12(16)14-5-11-10(13)3-4-18-11/h3-4,8-9H,5-7H2,1-2H3,(H,14,16)/t8-,9+/m0/s1. The summed E-state index contributed by atoms with van der Waals surface area (Å²) in [6, 6.07) is 2.11. The minimum atomic E-state index is -0.0158. The first-order chi connectivity index (χ1) is 8.58. The van der Waals surface area contributed by atoms with E-state index in [9.17, 15) is 4.79 Å². The molecule has 0 unspecified atom stereocenters. The maximum absolute atomic E-state index is 12.1. The molecule has 1 aromatic heterocycles. The van der Waals surface area contributed by atoms with Gasteiger partial charge in [0, 0.05) is 15.9 Å². The second-order valence-electron chi connectivity index (χ2n) is 4.50. The third kappa shape index (κ3) is 3.24. The van der Waals surface area contributed by atoms with Crippen molar-refractivity contribution in [1.29, 1.82) is 0 Å². The monoisotopic (exact) mass is 332 g/mol. The van der Waals surface area contributed by atoms with E-state index in [0.29, 0.717) is 19.7 Å². The van der Waals surface area contributed by atoms with E-state index >= 15 is 0 Å². The Morgan fingerprint density at radius 1 is 1.67 bits per heavy atom. The van der Waals surface area contributed by atoms with Gasteiger partial charge >= 0.3 is 6.03 Å². The Bertz CT molecular complexity index is 424. The number of thiophene rings is 1. The molecule has 1 saturated heterocycles. The number of carbonyl (C=O) groups excluding carboxylic acids is 1. The van der Waals surface area contributed by atoms with Crippen molar-refractivity contribution in [3.63, 3.8) is 0 Å². The highest BCUT2D eigenvalue weighted by Crippen LogP contribution is 2.22. The van der Waals surface area contributed by atoms with Crippen LogP contribution >= 0.6 is 27.3 Å². The fourth-order valence-corrected chi connectivity index (χ4v) is 3.33. The SMILES string of the molecule is C[C@@H]1CN(C(=O)NCc2sccc2Br)[C@@H](C)CO1. The molecule has 1 aliphatic rings. The zero-order valence-corrected chi connectivity index (χ0v) is 12.9. The molecule has 1 aliphatic heterocycles. The summed E-state index contributed by atoms with van der Waals surface area (Å²) in [4.78, 5) is 15.1. The molecule has 0 saturated carbocycles. The van der Waals surface area contributed by atoms with Crippen LogP contribution in [-0.2, 0) is 11.3 Å². The molecule has 6 heteroatoms. The normalized spacial score (nSPS) is 24.1. The Balaban J connectivity index is 1.89. The molecular weight excluding hydrogens is 316 g/mol. The van der Waals surface area contributed by atoms with Gasteiger partial charge in [-0.3, -0.25) is 0 Å². The summed E-state index contributed by atoms with van der Waals surface area (Å²) in [6.07, 6.45) is 0.112. The summed E-state index contributed by atoms with van der Waals surface area (Å²) in [5, 5.41) is 4.96. The van der Waals surface area contributed by atoms with Gasteiger partial charge in [-0.15, -0.1) is 11.3 Å². The van der Waals surface area contributed by atoms with Gasteiger partial charge in [-0.2, -0.15) is 0 Å². The van der Waals surface area contributed by atoms with Crippen molar-refractivity contribution in [3.8, 4) is 0 Å². The molecule has 4 nitrogen and oxygen atoms in total. The van der Waals surface area contributed by atoms with Gasteiger partial charge in [0.1, 0.15) is 0 Å². The van der Waals surface area contributed by atoms with E-state index in [4.69, 9.17) is 4.74 Å². The van der Waals surface area contributed by atoms with Crippen LogP contribution < -0.4 is 5.32 Å². The summed E-state index contributed by atoms with van der Waals surface area (Å²) < 4.78 is 6.56. The van der Waals surface area contributed by atoms with E-state index in [1.165, 1.54) is 0 Å². The molecule has 2 atom stereocenters. The van der Waals surface area contributed by atoms with E-state index in [0.717, 1.165) is 9.35 Å². The average molecular weight is 333 g/mol. The summed E-state index contributed by atoms with van der Waals surface area (Å²) in [7, 11) is 0. The van der Waals surface area contributed by atoms with E-state index in [2.05, 4.69) is 21.2 Å². The third-order valence-electron chi connectivity index (χ3n) is 2.96. The van der Waals surface area contributed by atoms with Gasteiger partial charge in [0.25, 0.3) is 0 Å². The van der Waals surface area contributed by atoms with Crippen LogP contribution in [-0.4, -0.2) is 36.2 Å². The van der Waals surface area contributed by atoms with Crippen molar-refractivity contribution < 1.29 is 9.53 Å². The number of halogens is 1. The molecule has 2 rings (SSSR count). The first-order valence-electron chi connectivity index (χ1n) is 5.96. The van der Waals surface area contributed by atoms with Crippen molar-refractivity contribution in [2.24, 2.45) is 0 Å². The zero-order valence-electron chi connectivity index (χ0n) is 10.5. The molecule has 0 radical (unpaired) electrons. The number of ether oxygens (including phenoxy) is 1. The van der Waals surface area contributed by atoms with Crippen LogP contribution in [0.15, 0.2) is 15.9 Å². The fourth-order valence-electron chi connectivity index (χ4n) is 1.89. The molecule has 0 spiro atoms. The number of nitrogens with one attached hydrogen (secondary N) is 1. The van der Waals surface area contributed by atoms with E-state index in [1.807, 2.05) is 30.2 Å². The highest BCUT2D eigenvalue weighted by Gasteiger charge is 2.27. The minimum Gasteiger partial charge on any atom is -0.375 e. The van der Waals surface area contributed by atoms with Crippen LogP contribution in [0.2, 0.25) is 0 Å². The lowest BCUT2D eigenvalue weighted by Crippen LogP contribution is -2.53. The zero-order chi connectivity index (χ0) is 13.1. The van der Waals surface area contributed by atoms with Crippen LogP contribution in [0.25, 0.3) is 0 Å². The van der Waals surface area contributed by atoms with Gasteiger partial charge in [0.15, 0.2) is 0 Å². The van der Waals surface area contributed by atoms with Crippen LogP contribution in [0.5, 0.6) is 0 Å². The largest absolute Gasteiger partial charge is 0.375 e. The van der Waals surface area contributed by atoms with Gasteiger partial charge in [0.2, 0.25) is 0 Å². The van der Waals surface area contributed by atoms with Gasteiger partial charge in [-0.05, 0) is 41.2 Å². The number of morpholine rings is 1. The molecule has 0 aromatic carbocycles. The number of carbonyl (C=O) groups is 1. The quantitative estimate of drug-likeness (QED) is 0.904. The van der Waals surface area contributed by atoms with Crippen molar-refractivity contribution in [1.82, 2.24) is 10.2 Å². The Morgan fingerprint density at radius 3 is 3.11 bits per heavy atom. The molecule has 0 aliphatic carbocycles. The predicted octanol–water partition coefficient (Wildman–Crippen LogP) is 2.83. The van der Waals surface area contributed by atoms with E-state index in [-0.39, 0.29) is 18.2 Å². The molecule has 18 heavy (non-hydrogen) atoms. The van der Waals surface area contributed by atoms with Crippen LogP contribution in [0.3, 0.4) is 0 Å². The lowest BCUT2D eigenvalue weighted by atomic mass is 10.2. The van der Waals surface area contributed by atoms with Crippen LogP contribution in [0, 0.1) is 0 Å². The van der Waals surface area contributed by atoms with Gasteiger partial charge < -0.3 is 15.0 Å². The number of hydrogen-bond donors (Lipinski definition) is 1. The summed E-state index contributed by atoms with van der Waals surface area (Å²) in [5.74, 6) is 0. The van der Waals surface area contributed by atoms with Crippen LogP contribution in [0.1, 0.15) is 18.7 Å². The molecule has 1 aromatic rings. The highest BCUT2D eigenvalue weighted by atomic mass is 79.9. The molecule has 1 fully saturated rings. The fraction of sp³-hybridized carbons (Fsp3) is 0.583. The first-order valence-corrected chi connectivity index (χ1v) is 7.63. The molecule has 100 valence electrons. The second kappa shape index (κ2) is 6.04. The Hall–Kier alpha value is -0.590. The van der Waals surface area contributed by atoms with Crippen molar-refractivity contribution in [2.75, 3.05) is 13.2 Å². The number of nitrogens with zero attached hydrogens (tertiary/aromatic N) is 1. The Kier molecular flexibility index (Phi) is 4.64. The molecular formula is C12H17BrN2O2S. The molecule has 1 N–H and O–H groups in total. The van der Waals surface area contributed by atoms with Gasteiger partial charge in [-0.1, -0.05) is 0 Å². The molecule has 0 bridgehead atoms. The topological polar surface area (TPSA) is 41.6 Å². The maximum Gasteiger partial charge on any atom is 0.318 e. The summed E-state index contributed by atoms with van der Waals surface area (Å²) in [5.41, 5.74) is 0. The highest BCUT2D eigenvalue weighted by molar-refractivity contribution is 9.10.